The molecule has 0 nitrogen and oxygen atoms in total. The predicted molar refractivity (Wildman–Crippen MR) is 61.6 cm³/mol. The number of hydrogen-bond acceptors (Lipinski definition) is 0. The SMILES string of the molecule is CC1=[C-]C(C)=CC1.CC1=[C-]C(C)=CC1.[F-].[F-].[Zr+4]. The number of hydrogen-bond donors (Lipinski definition) is 0. The fourth-order valence-electron chi connectivity index (χ4n) is 1.49. The summed E-state index contributed by atoms with van der Waals surface area (Å²) in [7, 11) is 0. The van der Waals surface area contributed by atoms with Gasteiger partial charge in [0.2, 0.25) is 0 Å². The van der Waals surface area contributed by atoms with Crippen LogP contribution >= 0.6 is 0 Å². The maximum atomic E-state index is 3.19. The molecule has 0 atom stereocenters. The summed E-state index contributed by atoms with van der Waals surface area (Å²) in [6.45, 7) is 8.37. The number of allylic oxidation sites excluding steroid dienone is 8. The van der Waals surface area contributed by atoms with E-state index in [1.807, 2.05) is 0 Å². The van der Waals surface area contributed by atoms with Gasteiger partial charge in [-0.15, -0.1) is 0 Å². The molecule has 0 heterocycles. The first-order valence-electron chi connectivity index (χ1n) is 5.10. The molecule has 2 rings (SSSR count). The second-order valence-electron chi connectivity index (χ2n) is 3.99. The number of rotatable bonds is 0. The summed E-state index contributed by atoms with van der Waals surface area (Å²) in [6.07, 6.45) is 13.0. The molecule has 2 aliphatic rings. The molecule has 0 fully saturated rings. The van der Waals surface area contributed by atoms with E-state index in [1.165, 1.54) is 22.3 Å². The summed E-state index contributed by atoms with van der Waals surface area (Å²) in [5, 5.41) is 0. The second kappa shape index (κ2) is 10.8. The van der Waals surface area contributed by atoms with E-state index in [4.69, 9.17) is 0 Å². The van der Waals surface area contributed by atoms with E-state index in [0.29, 0.717) is 0 Å². The molecular formula is C14H18F2Zr. The van der Waals surface area contributed by atoms with E-state index < -0.39 is 0 Å². The van der Waals surface area contributed by atoms with E-state index in [0.717, 1.165) is 12.8 Å². The molecule has 2 aliphatic carbocycles. The van der Waals surface area contributed by atoms with Crippen LogP contribution in [0, 0.1) is 12.2 Å². The molecule has 0 radical (unpaired) electrons. The van der Waals surface area contributed by atoms with Gasteiger partial charge < -0.3 is 9.41 Å². The van der Waals surface area contributed by atoms with Gasteiger partial charge in [0.05, 0.1) is 0 Å². The summed E-state index contributed by atoms with van der Waals surface area (Å²) >= 11 is 0. The Labute approximate surface area is 122 Å². The van der Waals surface area contributed by atoms with Crippen molar-refractivity contribution in [1.29, 1.82) is 0 Å². The molecule has 0 aromatic carbocycles. The summed E-state index contributed by atoms with van der Waals surface area (Å²) in [5.74, 6) is 0. The van der Waals surface area contributed by atoms with Crippen molar-refractivity contribution in [2.45, 2.75) is 40.5 Å². The topological polar surface area (TPSA) is 0 Å². The normalized spacial score (nSPS) is 15.8. The second-order valence-corrected chi connectivity index (χ2v) is 3.99. The zero-order chi connectivity index (χ0) is 10.6. The summed E-state index contributed by atoms with van der Waals surface area (Å²) in [5.41, 5.74) is 5.30. The van der Waals surface area contributed by atoms with Crippen molar-refractivity contribution in [1.82, 2.24) is 0 Å². The van der Waals surface area contributed by atoms with Crippen molar-refractivity contribution in [2.24, 2.45) is 0 Å². The minimum absolute atomic E-state index is 0. The maximum absolute atomic E-state index is 3.19. The predicted octanol–water partition coefficient (Wildman–Crippen LogP) is -1.82. The Hall–Kier alpha value is -0.297. The van der Waals surface area contributed by atoms with Crippen LogP contribution in [0.2, 0.25) is 0 Å². The van der Waals surface area contributed by atoms with Gasteiger partial charge in [0.15, 0.2) is 0 Å². The summed E-state index contributed by atoms with van der Waals surface area (Å²) < 4.78 is 0. The number of halogens is 2. The molecular weight excluding hydrogens is 297 g/mol. The first-order valence-corrected chi connectivity index (χ1v) is 5.10. The minimum Gasteiger partial charge on any atom is -1.00 e. The van der Waals surface area contributed by atoms with Gasteiger partial charge in [-0.1, -0.05) is 40.5 Å². The molecule has 3 heteroatoms. The third-order valence-electron chi connectivity index (χ3n) is 2.25. The van der Waals surface area contributed by atoms with Gasteiger partial charge in [-0.3, -0.25) is 12.2 Å². The Kier molecular flexibility index (Phi) is 14.0. The molecule has 0 bridgehead atoms. The molecule has 0 saturated carbocycles. The third kappa shape index (κ3) is 9.41. The zero-order valence-corrected chi connectivity index (χ0v) is 13.3. The van der Waals surface area contributed by atoms with Gasteiger partial charge in [-0.2, -0.15) is 11.1 Å². The van der Waals surface area contributed by atoms with Crippen molar-refractivity contribution < 1.29 is 35.6 Å². The summed E-state index contributed by atoms with van der Waals surface area (Å²) in [6, 6.07) is 0. The van der Waals surface area contributed by atoms with Crippen LogP contribution in [0.3, 0.4) is 0 Å². The molecule has 0 aromatic heterocycles. The largest absolute Gasteiger partial charge is 4.00 e. The fourth-order valence-corrected chi connectivity index (χ4v) is 1.49. The molecule has 0 unspecified atom stereocenters. The first kappa shape index (κ1) is 21.9. The Morgan fingerprint density at radius 1 is 0.765 bits per heavy atom. The average Bonchev–Trinajstić information content (AvgIpc) is 2.63. The van der Waals surface area contributed by atoms with E-state index in [-0.39, 0.29) is 35.6 Å². The summed E-state index contributed by atoms with van der Waals surface area (Å²) in [4.78, 5) is 0. The van der Waals surface area contributed by atoms with Crippen molar-refractivity contribution >= 4 is 0 Å². The van der Waals surface area contributed by atoms with Gasteiger partial charge in [0.25, 0.3) is 0 Å². The Morgan fingerprint density at radius 2 is 1.06 bits per heavy atom. The van der Waals surface area contributed by atoms with Crippen LogP contribution in [-0.2, 0) is 26.2 Å². The molecule has 17 heavy (non-hydrogen) atoms. The molecule has 0 aromatic rings. The van der Waals surface area contributed by atoms with Gasteiger partial charge in [-0.05, 0) is 0 Å². The molecule has 0 saturated heterocycles. The Bertz CT molecular complexity index is 302. The molecule has 92 valence electrons. The van der Waals surface area contributed by atoms with Crippen molar-refractivity contribution in [3.8, 4) is 0 Å². The standard InChI is InChI=1S/2C7H9.2FH.Zr/c2*1-6-3-4-7(2)5-6;;;/h2*3H,4H2,1-2H3;2*1H;/q2*-1;;;+4/p-2. The van der Waals surface area contributed by atoms with Crippen LogP contribution in [0.5, 0.6) is 0 Å². The van der Waals surface area contributed by atoms with Crippen LogP contribution in [0.4, 0.5) is 0 Å². The van der Waals surface area contributed by atoms with Crippen molar-refractivity contribution in [3.05, 3.63) is 46.6 Å². The molecule has 0 spiro atoms. The van der Waals surface area contributed by atoms with Crippen molar-refractivity contribution in [3.63, 3.8) is 0 Å². The Balaban J connectivity index is -0.000000196. The molecule has 0 N–H and O–H groups in total. The monoisotopic (exact) mass is 314 g/mol. The van der Waals surface area contributed by atoms with Crippen LogP contribution < -0.4 is 9.41 Å². The van der Waals surface area contributed by atoms with Gasteiger partial charge in [0.1, 0.15) is 0 Å². The molecule has 0 amide bonds. The van der Waals surface area contributed by atoms with E-state index in [1.54, 1.807) is 0 Å². The van der Waals surface area contributed by atoms with Gasteiger partial charge in [0, 0.05) is 0 Å². The third-order valence-corrected chi connectivity index (χ3v) is 2.25. The van der Waals surface area contributed by atoms with E-state index in [9.17, 15) is 0 Å². The van der Waals surface area contributed by atoms with Crippen LogP contribution in [0.25, 0.3) is 0 Å². The quantitative estimate of drug-likeness (QED) is 0.462. The smallest absolute Gasteiger partial charge is 1.00 e. The van der Waals surface area contributed by atoms with Crippen LogP contribution in [0.1, 0.15) is 40.5 Å². The maximum Gasteiger partial charge on any atom is 4.00 e. The van der Waals surface area contributed by atoms with Gasteiger partial charge >= 0.3 is 26.2 Å². The average molecular weight is 316 g/mol. The van der Waals surface area contributed by atoms with Crippen LogP contribution in [0.15, 0.2) is 34.4 Å². The van der Waals surface area contributed by atoms with Gasteiger partial charge in [-0.25, -0.2) is 23.3 Å². The zero-order valence-electron chi connectivity index (χ0n) is 10.8. The minimum atomic E-state index is 0. The Morgan fingerprint density at radius 3 is 1.12 bits per heavy atom. The van der Waals surface area contributed by atoms with E-state index >= 15 is 0 Å². The fraction of sp³-hybridized carbons (Fsp3) is 0.429. The first-order chi connectivity index (χ1) is 6.58. The van der Waals surface area contributed by atoms with Crippen molar-refractivity contribution in [2.75, 3.05) is 0 Å². The van der Waals surface area contributed by atoms with E-state index in [2.05, 4.69) is 52.0 Å². The molecule has 0 aliphatic heterocycles. The van der Waals surface area contributed by atoms with Crippen LogP contribution in [-0.4, -0.2) is 0 Å².